The molecular weight excluding hydrogens is 285 g/mol. The van der Waals surface area contributed by atoms with Crippen LogP contribution in [0.25, 0.3) is 0 Å². The van der Waals surface area contributed by atoms with E-state index in [1.807, 2.05) is 20.8 Å². The molecule has 0 aliphatic rings. The van der Waals surface area contributed by atoms with E-state index in [0.29, 0.717) is 12.0 Å². The van der Waals surface area contributed by atoms with Crippen molar-refractivity contribution >= 4 is 0 Å². The van der Waals surface area contributed by atoms with E-state index >= 15 is 0 Å². The zero-order chi connectivity index (χ0) is 16.3. The van der Waals surface area contributed by atoms with Gasteiger partial charge in [-0.1, -0.05) is 32.9 Å². The zero-order valence-electron chi connectivity index (χ0n) is 12.6. The molecule has 1 aromatic rings. The maximum atomic E-state index is 12.1. The third kappa shape index (κ3) is 5.93. The molecule has 0 amide bonds. The second-order valence-corrected chi connectivity index (χ2v) is 5.99. The second-order valence-electron chi connectivity index (χ2n) is 5.99. The van der Waals surface area contributed by atoms with Crippen molar-refractivity contribution in [3.05, 3.63) is 29.8 Å². The third-order valence-electron chi connectivity index (χ3n) is 3.06. The third-order valence-corrected chi connectivity index (χ3v) is 3.06. The van der Waals surface area contributed by atoms with Gasteiger partial charge in [0.05, 0.1) is 12.2 Å². The summed E-state index contributed by atoms with van der Waals surface area (Å²) in [5.74, 6) is -0.278. The maximum Gasteiger partial charge on any atom is 0.573 e. The Bertz CT molecular complexity index is 435. The number of benzene rings is 1. The molecule has 1 rings (SSSR count). The summed E-state index contributed by atoms with van der Waals surface area (Å²) in [6.07, 6.45) is -5.52. The fourth-order valence-electron chi connectivity index (χ4n) is 2.26. The van der Waals surface area contributed by atoms with Gasteiger partial charge in [0.25, 0.3) is 0 Å². The van der Waals surface area contributed by atoms with E-state index < -0.39 is 12.5 Å². The van der Waals surface area contributed by atoms with Gasteiger partial charge in [-0.15, -0.1) is 13.2 Å². The highest BCUT2D eigenvalue weighted by molar-refractivity contribution is 5.28. The van der Waals surface area contributed by atoms with E-state index in [1.54, 1.807) is 0 Å². The summed E-state index contributed by atoms with van der Waals surface area (Å²) in [7, 11) is 1.53. The Morgan fingerprint density at radius 1 is 1.10 bits per heavy atom. The average Bonchev–Trinajstić information content (AvgIpc) is 2.28. The van der Waals surface area contributed by atoms with Gasteiger partial charge in [-0.3, -0.25) is 0 Å². The van der Waals surface area contributed by atoms with Crippen LogP contribution in [0, 0.1) is 5.41 Å². The molecule has 120 valence electrons. The number of hydrogen-bond donors (Lipinski definition) is 1. The predicted octanol–water partition coefficient (Wildman–Crippen LogP) is 3.55. The zero-order valence-corrected chi connectivity index (χ0v) is 12.6. The van der Waals surface area contributed by atoms with Crippen molar-refractivity contribution in [1.29, 1.82) is 0 Å². The molecule has 1 N–H and O–H groups in total. The molecule has 0 spiro atoms. The molecule has 1 aromatic carbocycles. The molecule has 2 atom stereocenters. The summed E-state index contributed by atoms with van der Waals surface area (Å²) in [4.78, 5) is 0. The van der Waals surface area contributed by atoms with Gasteiger partial charge in [0.2, 0.25) is 0 Å². The SMILES string of the molecule is COC(C(O)Cc1ccc(OC(F)(F)F)cc1)C(C)(C)C. The number of rotatable bonds is 5. The van der Waals surface area contributed by atoms with Gasteiger partial charge in [0.15, 0.2) is 0 Å². The van der Waals surface area contributed by atoms with Gasteiger partial charge in [-0.25, -0.2) is 0 Å². The van der Waals surface area contributed by atoms with Crippen LogP contribution >= 0.6 is 0 Å². The van der Waals surface area contributed by atoms with Crippen LogP contribution in [0.3, 0.4) is 0 Å². The van der Waals surface area contributed by atoms with Crippen molar-refractivity contribution in [2.75, 3.05) is 7.11 Å². The topological polar surface area (TPSA) is 38.7 Å². The van der Waals surface area contributed by atoms with E-state index in [2.05, 4.69) is 4.74 Å². The normalized spacial score (nSPS) is 15.6. The van der Waals surface area contributed by atoms with Crippen molar-refractivity contribution in [2.45, 2.75) is 45.8 Å². The largest absolute Gasteiger partial charge is 0.573 e. The molecule has 0 fully saturated rings. The molecule has 3 nitrogen and oxygen atoms in total. The molecule has 0 radical (unpaired) electrons. The Kier molecular flexibility index (Phi) is 5.64. The molecule has 0 aliphatic heterocycles. The van der Waals surface area contributed by atoms with E-state index in [-0.39, 0.29) is 17.3 Å². The smallest absolute Gasteiger partial charge is 0.406 e. The first kappa shape index (κ1) is 17.8. The molecule has 6 heteroatoms. The predicted molar refractivity (Wildman–Crippen MR) is 73.1 cm³/mol. The summed E-state index contributed by atoms with van der Waals surface area (Å²) in [6.45, 7) is 5.85. The van der Waals surface area contributed by atoms with Crippen LogP contribution < -0.4 is 4.74 Å². The quantitative estimate of drug-likeness (QED) is 0.904. The first-order valence-corrected chi connectivity index (χ1v) is 6.58. The van der Waals surface area contributed by atoms with Gasteiger partial charge in [-0.2, -0.15) is 0 Å². The minimum atomic E-state index is -4.70. The standard InChI is InChI=1S/C15H21F3O3/c1-14(2,3)13(20-4)12(19)9-10-5-7-11(8-6-10)21-15(16,17)18/h5-8,12-13,19H,9H2,1-4H3. The first-order valence-electron chi connectivity index (χ1n) is 6.58. The van der Waals surface area contributed by atoms with Crippen molar-refractivity contribution < 1.29 is 27.8 Å². The number of alkyl halides is 3. The van der Waals surface area contributed by atoms with Gasteiger partial charge >= 0.3 is 6.36 Å². The summed E-state index contributed by atoms with van der Waals surface area (Å²) in [5.41, 5.74) is 0.469. The van der Waals surface area contributed by atoms with E-state index in [9.17, 15) is 18.3 Å². The lowest BCUT2D eigenvalue weighted by Crippen LogP contribution is -2.40. The first-order chi connectivity index (χ1) is 9.53. The lowest BCUT2D eigenvalue weighted by atomic mass is 9.84. The summed E-state index contributed by atoms with van der Waals surface area (Å²) < 4.78 is 45.3. The molecule has 0 heterocycles. The number of ether oxygens (including phenoxy) is 2. The number of aliphatic hydroxyl groups is 1. The van der Waals surface area contributed by atoms with Crippen molar-refractivity contribution in [1.82, 2.24) is 0 Å². The summed E-state index contributed by atoms with van der Waals surface area (Å²) >= 11 is 0. The van der Waals surface area contributed by atoms with E-state index in [0.717, 1.165) is 0 Å². The molecular formula is C15H21F3O3. The van der Waals surface area contributed by atoms with E-state index in [1.165, 1.54) is 31.4 Å². The Morgan fingerprint density at radius 3 is 2.00 bits per heavy atom. The van der Waals surface area contributed by atoms with Crippen molar-refractivity contribution in [2.24, 2.45) is 5.41 Å². The number of methoxy groups -OCH3 is 1. The molecule has 0 saturated carbocycles. The van der Waals surface area contributed by atoms with Crippen LogP contribution in [0.1, 0.15) is 26.3 Å². The van der Waals surface area contributed by atoms with Crippen LogP contribution in [0.15, 0.2) is 24.3 Å². The van der Waals surface area contributed by atoms with Gasteiger partial charge in [-0.05, 0) is 23.1 Å². The monoisotopic (exact) mass is 306 g/mol. The summed E-state index contributed by atoms with van der Waals surface area (Å²) in [5, 5.41) is 10.2. The summed E-state index contributed by atoms with van der Waals surface area (Å²) in [6, 6.07) is 5.46. The van der Waals surface area contributed by atoms with Crippen molar-refractivity contribution in [3.8, 4) is 5.75 Å². The Morgan fingerprint density at radius 2 is 1.62 bits per heavy atom. The lowest BCUT2D eigenvalue weighted by Gasteiger charge is -2.33. The molecule has 21 heavy (non-hydrogen) atoms. The van der Waals surface area contributed by atoms with Gasteiger partial charge < -0.3 is 14.6 Å². The number of hydrogen-bond acceptors (Lipinski definition) is 3. The highest BCUT2D eigenvalue weighted by atomic mass is 19.4. The number of aliphatic hydroxyl groups excluding tert-OH is 1. The van der Waals surface area contributed by atoms with Crippen LogP contribution in [0.2, 0.25) is 0 Å². The van der Waals surface area contributed by atoms with Gasteiger partial charge in [0, 0.05) is 13.5 Å². The highest BCUT2D eigenvalue weighted by Gasteiger charge is 2.32. The fourth-order valence-corrected chi connectivity index (χ4v) is 2.26. The molecule has 0 aliphatic carbocycles. The fraction of sp³-hybridized carbons (Fsp3) is 0.600. The number of halogens is 3. The Labute approximate surface area is 122 Å². The lowest BCUT2D eigenvalue weighted by molar-refractivity contribution is -0.274. The molecule has 0 bridgehead atoms. The molecule has 0 saturated heterocycles. The molecule has 0 aromatic heterocycles. The van der Waals surface area contributed by atoms with Crippen LogP contribution in [-0.2, 0) is 11.2 Å². The van der Waals surface area contributed by atoms with Crippen LogP contribution in [0.5, 0.6) is 5.75 Å². The van der Waals surface area contributed by atoms with E-state index in [4.69, 9.17) is 4.74 Å². The Hall–Kier alpha value is -1.27. The average molecular weight is 306 g/mol. The van der Waals surface area contributed by atoms with Crippen molar-refractivity contribution in [3.63, 3.8) is 0 Å². The second kappa shape index (κ2) is 6.66. The minimum absolute atomic E-state index is 0.243. The van der Waals surface area contributed by atoms with Crippen LogP contribution in [0.4, 0.5) is 13.2 Å². The highest BCUT2D eigenvalue weighted by Crippen LogP contribution is 2.27. The molecule has 2 unspecified atom stereocenters. The van der Waals surface area contributed by atoms with Crippen LogP contribution in [-0.4, -0.2) is 30.8 Å². The minimum Gasteiger partial charge on any atom is -0.406 e. The van der Waals surface area contributed by atoms with Gasteiger partial charge in [0.1, 0.15) is 5.75 Å². The Balaban J connectivity index is 2.71. The maximum absolute atomic E-state index is 12.1.